The Morgan fingerprint density at radius 1 is 1.18 bits per heavy atom. The lowest BCUT2D eigenvalue weighted by molar-refractivity contribution is -0.166. The van der Waals surface area contributed by atoms with Crippen LogP contribution in [-0.2, 0) is 4.79 Å². The highest BCUT2D eigenvalue weighted by atomic mass is 19.3. The number of amides is 1. The second kappa shape index (κ2) is 6.28. The van der Waals surface area contributed by atoms with Gasteiger partial charge in [0.25, 0.3) is 5.92 Å². The van der Waals surface area contributed by atoms with Gasteiger partial charge in [-0.25, -0.2) is 8.78 Å². The van der Waals surface area contributed by atoms with Gasteiger partial charge in [0.15, 0.2) is 0 Å². The quantitative estimate of drug-likeness (QED) is 0.688. The zero-order valence-electron chi connectivity index (χ0n) is 10.7. The van der Waals surface area contributed by atoms with Gasteiger partial charge in [-0.1, -0.05) is 13.8 Å². The number of alkyl halides is 2. The maximum Gasteiger partial charge on any atom is 0.282 e. The van der Waals surface area contributed by atoms with Crippen molar-refractivity contribution >= 4 is 5.91 Å². The second-order valence-electron chi connectivity index (χ2n) is 4.70. The van der Waals surface area contributed by atoms with Crippen molar-refractivity contribution in [2.75, 3.05) is 32.7 Å². The minimum Gasteiger partial charge on any atom is -0.330 e. The Balaban J connectivity index is 2.22. The number of nitrogens with zero attached hydrogens (tertiary/aromatic N) is 2. The van der Waals surface area contributed by atoms with Gasteiger partial charge in [-0.05, 0) is 25.9 Å². The van der Waals surface area contributed by atoms with Gasteiger partial charge in [-0.15, -0.1) is 0 Å². The molecule has 17 heavy (non-hydrogen) atoms. The largest absolute Gasteiger partial charge is 0.330 e. The monoisotopic (exact) mass is 248 g/mol. The molecule has 0 aromatic carbocycles. The Bertz CT molecular complexity index is 245. The maximum atomic E-state index is 12.6. The van der Waals surface area contributed by atoms with Crippen LogP contribution < -0.4 is 0 Å². The van der Waals surface area contributed by atoms with E-state index in [1.54, 1.807) is 0 Å². The number of hydrogen-bond acceptors (Lipinski definition) is 2. The third-order valence-electron chi connectivity index (χ3n) is 2.92. The van der Waals surface area contributed by atoms with Gasteiger partial charge in [0.1, 0.15) is 0 Å². The van der Waals surface area contributed by atoms with Crippen molar-refractivity contribution in [3.05, 3.63) is 0 Å². The molecule has 0 bridgehead atoms. The van der Waals surface area contributed by atoms with Crippen LogP contribution in [0.1, 0.15) is 33.1 Å². The van der Waals surface area contributed by atoms with Gasteiger partial charge in [-0.3, -0.25) is 4.79 Å². The van der Waals surface area contributed by atoms with Crippen molar-refractivity contribution in [1.82, 2.24) is 9.80 Å². The fourth-order valence-electron chi connectivity index (χ4n) is 2.07. The molecule has 0 atom stereocenters. The Morgan fingerprint density at radius 2 is 1.71 bits per heavy atom. The number of carbonyl (C=O) groups excluding carboxylic acids is 1. The van der Waals surface area contributed by atoms with Crippen LogP contribution in [0.4, 0.5) is 8.78 Å². The molecule has 1 heterocycles. The van der Waals surface area contributed by atoms with Crippen molar-refractivity contribution in [2.24, 2.45) is 0 Å². The molecule has 100 valence electrons. The summed E-state index contributed by atoms with van der Waals surface area (Å²) in [5.41, 5.74) is 0. The molecule has 1 rings (SSSR count). The van der Waals surface area contributed by atoms with E-state index in [1.165, 1.54) is 4.90 Å². The first kappa shape index (κ1) is 14.4. The smallest absolute Gasteiger partial charge is 0.282 e. The van der Waals surface area contributed by atoms with Crippen LogP contribution in [0.15, 0.2) is 0 Å². The van der Waals surface area contributed by atoms with Crippen molar-refractivity contribution in [2.45, 2.75) is 39.0 Å². The zero-order chi connectivity index (χ0) is 12.9. The van der Waals surface area contributed by atoms with Gasteiger partial charge in [0, 0.05) is 13.0 Å². The molecule has 0 saturated carbocycles. The Kier molecular flexibility index (Phi) is 5.31. The van der Waals surface area contributed by atoms with E-state index in [2.05, 4.69) is 18.7 Å². The van der Waals surface area contributed by atoms with Gasteiger partial charge in [-0.2, -0.15) is 0 Å². The van der Waals surface area contributed by atoms with E-state index in [9.17, 15) is 13.6 Å². The van der Waals surface area contributed by atoms with Crippen LogP contribution in [0.25, 0.3) is 0 Å². The second-order valence-corrected chi connectivity index (χ2v) is 4.70. The highest BCUT2D eigenvalue weighted by Crippen LogP contribution is 2.26. The van der Waals surface area contributed by atoms with Crippen LogP contribution >= 0.6 is 0 Å². The van der Waals surface area contributed by atoms with E-state index < -0.39 is 19.0 Å². The number of halogens is 2. The van der Waals surface area contributed by atoms with E-state index >= 15 is 0 Å². The van der Waals surface area contributed by atoms with Crippen LogP contribution in [0.5, 0.6) is 0 Å². The van der Waals surface area contributed by atoms with Crippen molar-refractivity contribution < 1.29 is 13.6 Å². The minimum atomic E-state index is -2.65. The number of carbonyl (C=O) groups is 1. The van der Waals surface area contributed by atoms with E-state index in [1.807, 2.05) is 0 Å². The van der Waals surface area contributed by atoms with Gasteiger partial charge in [0.2, 0.25) is 5.91 Å². The molecule has 1 fully saturated rings. The van der Waals surface area contributed by atoms with Gasteiger partial charge < -0.3 is 9.80 Å². The summed E-state index contributed by atoms with van der Waals surface area (Å²) in [7, 11) is 0. The van der Waals surface area contributed by atoms with Crippen LogP contribution in [0, 0.1) is 0 Å². The Morgan fingerprint density at radius 3 is 2.12 bits per heavy atom. The predicted octanol–water partition coefficient (Wildman–Crippen LogP) is 1.98. The van der Waals surface area contributed by atoms with E-state index in [0.717, 1.165) is 25.9 Å². The molecule has 0 aromatic rings. The highest BCUT2D eigenvalue weighted by Gasteiger charge is 2.45. The predicted molar refractivity (Wildman–Crippen MR) is 63.2 cm³/mol. The molecular formula is C12H22F2N2O. The van der Waals surface area contributed by atoms with Crippen LogP contribution in [-0.4, -0.2) is 54.4 Å². The SMILES string of the molecule is CCCN(CCC)CCC(=O)N1CC(F)(F)C1. The third kappa shape index (κ3) is 4.58. The molecule has 1 saturated heterocycles. The van der Waals surface area contributed by atoms with E-state index in [4.69, 9.17) is 0 Å². The molecular weight excluding hydrogens is 226 g/mol. The number of hydrogen-bond donors (Lipinski definition) is 0. The topological polar surface area (TPSA) is 23.6 Å². The summed E-state index contributed by atoms with van der Waals surface area (Å²) in [5.74, 6) is -2.80. The summed E-state index contributed by atoms with van der Waals surface area (Å²) in [6.45, 7) is 6.03. The normalized spacial score (nSPS) is 18.3. The van der Waals surface area contributed by atoms with Gasteiger partial charge >= 0.3 is 0 Å². The summed E-state index contributed by atoms with van der Waals surface area (Å²) in [6, 6.07) is 0. The standard InChI is InChI=1S/C12H22F2N2O/c1-3-6-15(7-4-2)8-5-11(17)16-9-12(13,14)10-16/h3-10H2,1-2H3. The van der Waals surface area contributed by atoms with E-state index in [-0.39, 0.29) is 5.91 Å². The average molecular weight is 248 g/mol. The molecule has 0 N–H and O–H groups in total. The molecule has 0 spiro atoms. The number of rotatable bonds is 7. The van der Waals surface area contributed by atoms with Crippen LogP contribution in [0.3, 0.4) is 0 Å². The lowest BCUT2D eigenvalue weighted by Crippen LogP contribution is -2.58. The molecule has 0 unspecified atom stereocenters. The third-order valence-corrected chi connectivity index (χ3v) is 2.92. The molecule has 3 nitrogen and oxygen atoms in total. The average Bonchev–Trinajstić information content (AvgIpc) is 2.22. The van der Waals surface area contributed by atoms with Crippen molar-refractivity contribution in [3.63, 3.8) is 0 Å². The Labute approximate surface area is 102 Å². The van der Waals surface area contributed by atoms with Crippen LogP contribution in [0.2, 0.25) is 0 Å². The lowest BCUT2D eigenvalue weighted by atomic mass is 10.1. The van der Waals surface area contributed by atoms with Crippen molar-refractivity contribution in [3.8, 4) is 0 Å². The van der Waals surface area contributed by atoms with E-state index in [0.29, 0.717) is 13.0 Å². The van der Waals surface area contributed by atoms with Gasteiger partial charge in [0.05, 0.1) is 13.1 Å². The molecule has 0 aliphatic carbocycles. The Hall–Kier alpha value is -0.710. The molecule has 1 aliphatic rings. The summed E-state index contributed by atoms with van der Waals surface area (Å²) in [6.07, 6.45) is 2.46. The number of likely N-dealkylation sites (tertiary alicyclic amines) is 1. The maximum absolute atomic E-state index is 12.6. The first-order chi connectivity index (χ1) is 7.98. The molecule has 5 heteroatoms. The minimum absolute atomic E-state index is 0.145. The summed E-state index contributed by atoms with van der Waals surface area (Å²) < 4.78 is 25.2. The first-order valence-corrected chi connectivity index (χ1v) is 6.36. The highest BCUT2D eigenvalue weighted by molar-refractivity contribution is 5.77. The summed E-state index contributed by atoms with van der Waals surface area (Å²) >= 11 is 0. The van der Waals surface area contributed by atoms with Crippen molar-refractivity contribution in [1.29, 1.82) is 0 Å². The summed E-state index contributed by atoms with van der Waals surface area (Å²) in [4.78, 5) is 15.1. The summed E-state index contributed by atoms with van der Waals surface area (Å²) in [5, 5.41) is 0. The molecule has 1 aliphatic heterocycles. The molecule has 0 radical (unpaired) electrons. The fraction of sp³-hybridized carbons (Fsp3) is 0.917. The molecule has 0 aromatic heterocycles. The zero-order valence-corrected chi connectivity index (χ0v) is 10.7. The first-order valence-electron chi connectivity index (χ1n) is 6.36. The fourth-order valence-corrected chi connectivity index (χ4v) is 2.07. The lowest BCUT2D eigenvalue weighted by Gasteiger charge is -2.39. The molecule has 1 amide bonds.